The van der Waals surface area contributed by atoms with Crippen molar-refractivity contribution in [2.75, 3.05) is 6.61 Å². The van der Waals surface area contributed by atoms with Gasteiger partial charge in [-0.25, -0.2) is 9.59 Å². The second-order valence-corrected chi connectivity index (χ2v) is 4.99. The predicted molar refractivity (Wildman–Crippen MR) is 85.5 cm³/mol. The van der Waals surface area contributed by atoms with Crippen molar-refractivity contribution in [3.05, 3.63) is 59.7 Å². The number of hydrogen-bond acceptors (Lipinski definition) is 3. The highest BCUT2D eigenvalue weighted by atomic mass is 16.5. The molecule has 0 aliphatic heterocycles. The smallest absolute Gasteiger partial charge is 0.333 e. The van der Waals surface area contributed by atoms with Gasteiger partial charge < -0.3 is 9.84 Å². The summed E-state index contributed by atoms with van der Waals surface area (Å²) in [5.41, 5.74) is 1.42. The number of benzene rings is 1. The standard InChI is InChI=1S/C18H22O4/c1-3-4-12-22-18(21)14(2)10-11-16(17(19)20)13-15-8-6-5-7-9-15/h5-9,11H,2-4,10,12-13H2,1H3,(H,19,20). The lowest BCUT2D eigenvalue weighted by Crippen LogP contribution is -2.09. The monoisotopic (exact) mass is 302 g/mol. The molecule has 0 fully saturated rings. The quantitative estimate of drug-likeness (QED) is 0.430. The van der Waals surface area contributed by atoms with Gasteiger partial charge >= 0.3 is 11.9 Å². The molecule has 0 unspecified atom stereocenters. The number of unbranched alkanes of at least 4 members (excludes halogenated alkanes) is 1. The highest BCUT2D eigenvalue weighted by molar-refractivity contribution is 5.90. The molecule has 1 aromatic carbocycles. The molecule has 0 spiro atoms. The van der Waals surface area contributed by atoms with Gasteiger partial charge in [0.15, 0.2) is 0 Å². The second kappa shape index (κ2) is 9.55. The van der Waals surface area contributed by atoms with Crippen molar-refractivity contribution >= 4 is 11.9 Å². The van der Waals surface area contributed by atoms with Crippen molar-refractivity contribution in [3.8, 4) is 0 Å². The Morgan fingerprint density at radius 2 is 1.95 bits per heavy atom. The van der Waals surface area contributed by atoms with E-state index >= 15 is 0 Å². The average Bonchev–Trinajstić information content (AvgIpc) is 2.51. The highest BCUT2D eigenvalue weighted by Gasteiger charge is 2.11. The number of carbonyl (C=O) groups excluding carboxylic acids is 1. The van der Waals surface area contributed by atoms with E-state index < -0.39 is 11.9 Å². The van der Waals surface area contributed by atoms with Crippen molar-refractivity contribution in [2.45, 2.75) is 32.6 Å². The van der Waals surface area contributed by atoms with Crippen LogP contribution in [0.2, 0.25) is 0 Å². The van der Waals surface area contributed by atoms with Gasteiger partial charge in [0.1, 0.15) is 0 Å². The van der Waals surface area contributed by atoms with Gasteiger partial charge in [-0.15, -0.1) is 0 Å². The van der Waals surface area contributed by atoms with Crippen molar-refractivity contribution in [2.24, 2.45) is 0 Å². The minimum absolute atomic E-state index is 0.180. The Labute approximate surface area is 131 Å². The van der Waals surface area contributed by atoms with E-state index in [0.717, 1.165) is 18.4 Å². The Kier molecular flexibility index (Phi) is 7.68. The lowest BCUT2D eigenvalue weighted by Gasteiger charge is -2.06. The molecule has 0 aliphatic carbocycles. The van der Waals surface area contributed by atoms with Crippen LogP contribution in [0, 0.1) is 0 Å². The molecular formula is C18H22O4. The van der Waals surface area contributed by atoms with E-state index in [1.165, 1.54) is 6.08 Å². The van der Waals surface area contributed by atoms with E-state index in [1.54, 1.807) is 0 Å². The van der Waals surface area contributed by atoms with Gasteiger partial charge in [0.25, 0.3) is 0 Å². The zero-order valence-corrected chi connectivity index (χ0v) is 12.9. The maximum atomic E-state index is 11.7. The summed E-state index contributed by atoms with van der Waals surface area (Å²) >= 11 is 0. The summed E-state index contributed by atoms with van der Waals surface area (Å²) in [5.74, 6) is -1.45. The highest BCUT2D eigenvalue weighted by Crippen LogP contribution is 2.12. The van der Waals surface area contributed by atoms with Crippen LogP contribution in [0.3, 0.4) is 0 Å². The Hall–Kier alpha value is -2.36. The fourth-order valence-corrected chi connectivity index (χ4v) is 1.79. The number of rotatable bonds is 9. The molecule has 22 heavy (non-hydrogen) atoms. The Morgan fingerprint density at radius 3 is 2.55 bits per heavy atom. The van der Waals surface area contributed by atoms with Gasteiger partial charge in [-0.2, -0.15) is 0 Å². The van der Waals surface area contributed by atoms with Gasteiger partial charge in [-0.1, -0.05) is 56.3 Å². The third-order valence-corrected chi connectivity index (χ3v) is 3.13. The van der Waals surface area contributed by atoms with Gasteiger partial charge in [0.05, 0.1) is 6.61 Å². The van der Waals surface area contributed by atoms with Crippen LogP contribution in [0.25, 0.3) is 0 Å². The lowest BCUT2D eigenvalue weighted by atomic mass is 10.0. The van der Waals surface area contributed by atoms with Crippen LogP contribution >= 0.6 is 0 Å². The maximum absolute atomic E-state index is 11.7. The first-order valence-corrected chi connectivity index (χ1v) is 7.35. The SMILES string of the molecule is C=C(CC=C(Cc1ccccc1)C(=O)O)C(=O)OCCCC. The molecule has 0 amide bonds. The summed E-state index contributed by atoms with van der Waals surface area (Å²) in [4.78, 5) is 22.9. The zero-order valence-electron chi connectivity index (χ0n) is 12.9. The molecule has 1 N–H and O–H groups in total. The summed E-state index contributed by atoms with van der Waals surface area (Å²) < 4.78 is 5.04. The van der Waals surface area contributed by atoms with E-state index in [0.29, 0.717) is 13.0 Å². The summed E-state index contributed by atoms with van der Waals surface area (Å²) in [6.45, 7) is 6.04. The van der Waals surface area contributed by atoms with Crippen LogP contribution in [-0.4, -0.2) is 23.7 Å². The minimum Gasteiger partial charge on any atom is -0.478 e. The molecule has 0 aliphatic rings. The number of esters is 1. The number of allylic oxidation sites excluding steroid dienone is 1. The molecule has 0 heterocycles. The molecule has 0 saturated heterocycles. The summed E-state index contributed by atoms with van der Waals surface area (Å²) in [7, 11) is 0. The van der Waals surface area contributed by atoms with Crippen molar-refractivity contribution < 1.29 is 19.4 Å². The van der Waals surface area contributed by atoms with Gasteiger partial charge in [-0.3, -0.25) is 0 Å². The fraction of sp³-hybridized carbons (Fsp3) is 0.333. The first-order chi connectivity index (χ1) is 10.5. The normalized spacial score (nSPS) is 11.0. The lowest BCUT2D eigenvalue weighted by molar-refractivity contribution is -0.139. The number of carboxylic acids is 1. The van der Waals surface area contributed by atoms with Crippen LogP contribution in [0.5, 0.6) is 0 Å². The van der Waals surface area contributed by atoms with Crippen LogP contribution in [0.1, 0.15) is 31.7 Å². The third-order valence-electron chi connectivity index (χ3n) is 3.13. The van der Waals surface area contributed by atoms with Gasteiger partial charge in [0, 0.05) is 17.6 Å². The Bertz CT molecular complexity index is 543. The number of carboxylic acid groups (broad SMARTS) is 1. The van der Waals surface area contributed by atoms with Crippen molar-refractivity contribution in [1.29, 1.82) is 0 Å². The topological polar surface area (TPSA) is 63.6 Å². The zero-order chi connectivity index (χ0) is 16.4. The average molecular weight is 302 g/mol. The van der Waals surface area contributed by atoms with Crippen LogP contribution < -0.4 is 0 Å². The predicted octanol–water partition coefficient (Wildman–Crippen LogP) is 3.53. The number of hydrogen-bond donors (Lipinski definition) is 1. The largest absolute Gasteiger partial charge is 0.478 e. The van der Waals surface area contributed by atoms with Crippen LogP contribution in [0.15, 0.2) is 54.1 Å². The molecular weight excluding hydrogens is 280 g/mol. The first kappa shape index (κ1) is 17.7. The molecule has 1 aromatic rings. The Morgan fingerprint density at radius 1 is 1.27 bits per heavy atom. The second-order valence-electron chi connectivity index (χ2n) is 4.99. The van der Waals surface area contributed by atoms with Crippen LogP contribution in [0.4, 0.5) is 0 Å². The van der Waals surface area contributed by atoms with E-state index in [-0.39, 0.29) is 17.6 Å². The van der Waals surface area contributed by atoms with Crippen molar-refractivity contribution in [1.82, 2.24) is 0 Å². The molecule has 4 heteroatoms. The summed E-state index contributed by atoms with van der Waals surface area (Å²) in [5, 5.41) is 9.25. The molecule has 0 bridgehead atoms. The summed E-state index contributed by atoms with van der Waals surface area (Å²) in [6.07, 6.45) is 3.77. The number of carbonyl (C=O) groups is 2. The summed E-state index contributed by atoms with van der Waals surface area (Å²) in [6, 6.07) is 9.33. The molecule has 0 aromatic heterocycles. The molecule has 4 nitrogen and oxygen atoms in total. The Balaban J connectivity index is 2.60. The molecule has 0 atom stereocenters. The van der Waals surface area contributed by atoms with Crippen LogP contribution in [-0.2, 0) is 20.7 Å². The fourth-order valence-electron chi connectivity index (χ4n) is 1.79. The number of ether oxygens (including phenoxy) is 1. The first-order valence-electron chi connectivity index (χ1n) is 7.35. The van der Waals surface area contributed by atoms with Gasteiger partial charge in [-0.05, 0) is 18.4 Å². The molecule has 118 valence electrons. The van der Waals surface area contributed by atoms with Crippen molar-refractivity contribution in [3.63, 3.8) is 0 Å². The van der Waals surface area contributed by atoms with E-state index in [1.807, 2.05) is 37.3 Å². The number of aliphatic carboxylic acids is 1. The maximum Gasteiger partial charge on any atom is 0.333 e. The molecule has 0 saturated carbocycles. The van der Waals surface area contributed by atoms with E-state index in [9.17, 15) is 14.7 Å². The third kappa shape index (κ3) is 6.39. The van der Waals surface area contributed by atoms with E-state index in [4.69, 9.17) is 4.74 Å². The van der Waals surface area contributed by atoms with Gasteiger partial charge in [0.2, 0.25) is 0 Å². The minimum atomic E-state index is -0.990. The molecule has 1 rings (SSSR count). The molecule has 0 radical (unpaired) electrons. The van der Waals surface area contributed by atoms with E-state index in [2.05, 4.69) is 6.58 Å².